The lowest BCUT2D eigenvalue weighted by atomic mass is 9.92. The summed E-state index contributed by atoms with van der Waals surface area (Å²) in [5, 5.41) is 68.4. The molecule has 1 saturated heterocycles. The molecule has 1 aromatic heterocycles. The first kappa shape index (κ1) is 27.2. The van der Waals surface area contributed by atoms with Crippen molar-refractivity contribution in [3.63, 3.8) is 0 Å². The molecule has 40 heavy (non-hydrogen) atoms. The van der Waals surface area contributed by atoms with Gasteiger partial charge in [-0.25, -0.2) is 9.58 Å². The van der Waals surface area contributed by atoms with Gasteiger partial charge in [0.2, 0.25) is 5.91 Å². The summed E-state index contributed by atoms with van der Waals surface area (Å²) < 4.78 is 6.01. The molecule has 2 aliphatic heterocycles. The second-order valence-electron chi connectivity index (χ2n) is 9.37. The van der Waals surface area contributed by atoms with Crippen molar-refractivity contribution in [1.29, 1.82) is 0 Å². The van der Waals surface area contributed by atoms with E-state index in [0.29, 0.717) is 5.75 Å². The second kappa shape index (κ2) is 9.09. The molecule has 1 fully saturated rings. The lowest BCUT2D eigenvalue weighted by molar-refractivity contribution is -0.363. The zero-order chi connectivity index (χ0) is 29.2. The molecule has 3 amide bonds. The Morgan fingerprint density at radius 2 is 1.45 bits per heavy atom. The molecule has 15 heteroatoms. The van der Waals surface area contributed by atoms with Crippen molar-refractivity contribution in [1.82, 2.24) is 9.78 Å². The molecule has 2 aliphatic rings. The number of anilines is 2. The number of piperidine rings is 1. The number of hydrogen-bond acceptors (Lipinski definition) is 11. The summed E-state index contributed by atoms with van der Waals surface area (Å²) in [5.74, 6) is -12.5. The van der Waals surface area contributed by atoms with Crippen molar-refractivity contribution in [2.45, 2.75) is 36.9 Å². The predicted octanol–water partition coefficient (Wildman–Crippen LogP) is -1.43. The van der Waals surface area contributed by atoms with E-state index >= 15 is 0 Å². The fraction of sp³-hybridized carbons (Fsp3) is 0.280. The van der Waals surface area contributed by atoms with Crippen LogP contribution in [0.3, 0.4) is 0 Å². The normalized spacial score (nSPS) is 19.4. The monoisotopic (exact) mass is 555 g/mol. The van der Waals surface area contributed by atoms with E-state index in [2.05, 4.69) is 5.10 Å². The SMILES string of the molecule is COc1ccc(-n2nc(C(N)=O)c3c2C(=O)N(c2ccc(N4C(=O)CCCC4(O)O)cc2)C(O)(O)C3(O)O)cc1. The Kier molecular flexibility index (Phi) is 6.18. The van der Waals surface area contributed by atoms with Gasteiger partial charge in [0, 0.05) is 24.2 Å². The summed E-state index contributed by atoms with van der Waals surface area (Å²) >= 11 is 0. The van der Waals surface area contributed by atoms with Gasteiger partial charge in [0.15, 0.2) is 5.69 Å². The van der Waals surface area contributed by atoms with Crippen molar-refractivity contribution in [3.8, 4) is 11.4 Å². The minimum Gasteiger partial charge on any atom is -0.497 e. The molecule has 15 nitrogen and oxygen atoms in total. The molecule has 2 aromatic carbocycles. The number of benzene rings is 2. The van der Waals surface area contributed by atoms with Gasteiger partial charge in [-0.05, 0) is 55.0 Å². The van der Waals surface area contributed by atoms with Gasteiger partial charge in [-0.1, -0.05) is 0 Å². The number of primary amides is 1. The molecular formula is C25H25N5O10. The lowest BCUT2D eigenvalue weighted by Gasteiger charge is -2.45. The molecule has 0 aliphatic carbocycles. The average Bonchev–Trinajstić information content (AvgIpc) is 3.30. The van der Waals surface area contributed by atoms with Gasteiger partial charge in [0.25, 0.3) is 23.5 Å². The van der Waals surface area contributed by atoms with Crippen LogP contribution in [0.15, 0.2) is 48.5 Å². The zero-order valence-electron chi connectivity index (χ0n) is 20.9. The summed E-state index contributed by atoms with van der Waals surface area (Å²) in [5.41, 5.74) is 2.93. The summed E-state index contributed by atoms with van der Waals surface area (Å²) in [6, 6.07) is 10.6. The van der Waals surface area contributed by atoms with E-state index in [9.17, 15) is 45.0 Å². The maximum absolute atomic E-state index is 13.8. The quantitative estimate of drug-likeness (QED) is 0.180. The van der Waals surface area contributed by atoms with Crippen LogP contribution in [0.2, 0.25) is 0 Å². The van der Waals surface area contributed by atoms with E-state index in [-0.39, 0.29) is 41.2 Å². The number of fused-ring (bicyclic) bond motifs is 1. The molecule has 0 saturated carbocycles. The van der Waals surface area contributed by atoms with Gasteiger partial charge in [-0.3, -0.25) is 19.3 Å². The predicted molar refractivity (Wildman–Crippen MR) is 134 cm³/mol. The first-order valence-electron chi connectivity index (χ1n) is 11.9. The highest BCUT2D eigenvalue weighted by molar-refractivity contribution is 6.11. The highest BCUT2D eigenvalue weighted by atomic mass is 16.6. The van der Waals surface area contributed by atoms with Crippen molar-refractivity contribution >= 4 is 29.1 Å². The number of nitrogens with two attached hydrogens (primary N) is 1. The van der Waals surface area contributed by atoms with E-state index in [1.165, 1.54) is 43.5 Å². The summed E-state index contributed by atoms with van der Waals surface area (Å²) in [6.07, 6.45) is 0.204. The van der Waals surface area contributed by atoms with Crippen LogP contribution in [0, 0.1) is 0 Å². The van der Waals surface area contributed by atoms with Crippen LogP contribution < -0.4 is 20.3 Å². The fourth-order valence-corrected chi connectivity index (χ4v) is 4.90. The van der Waals surface area contributed by atoms with Gasteiger partial charge in [-0.2, -0.15) is 5.10 Å². The molecule has 5 rings (SSSR count). The molecular weight excluding hydrogens is 530 g/mol. The molecule has 0 unspecified atom stereocenters. The Bertz CT molecular complexity index is 1510. The molecule has 3 heterocycles. The zero-order valence-corrected chi connectivity index (χ0v) is 20.9. The number of carbonyl (C=O) groups excluding carboxylic acids is 3. The van der Waals surface area contributed by atoms with Gasteiger partial charge >= 0.3 is 5.91 Å². The second-order valence-corrected chi connectivity index (χ2v) is 9.37. The van der Waals surface area contributed by atoms with Crippen LogP contribution in [-0.2, 0) is 10.6 Å². The van der Waals surface area contributed by atoms with Crippen molar-refractivity contribution in [2.24, 2.45) is 5.73 Å². The van der Waals surface area contributed by atoms with E-state index in [4.69, 9.17) is 10.5 Å². The summed E-state index contributed by atoms with van der Waals surface area (Å²) in [4.78, 5) is 39.4. The smallest absolute Gasteiger partial charge is 0.315 e. The van der Waals surface area contributed by atoms with Crippen molar-refractivity contribution in [3.05, 3.63) is 65.5 Å². The molecule has 8 N–H and O–H groups in total. The lowest BCUT2D eigenvalue weighted by Crippen LogP contribution is -2.68. The Morgan fingerprint density at radius 3 is 1.98 bits per heavy atom. The number of ether oxygens (including phenoxy) is 1. The number of nitrogens with zero attached hydrogens (tertiary/aromatic N) is 4. The molecule has 0 spiro atoms. The Balaban J connectivity index is 1.65. The van der Waals surface area contributed by atoms with Crippen LogP contribution in [0.5, 0.6) is 5.75 Å². The van der Waals surface area contributed by atoms with E-state index in [1.807, 2.05) is 0 Å². The average molecular weight is 556 g/mol. The van der Waals surface area contributed by atoms with Crippen LogP contribution in [0.1, 0.15) is 45.8 Å². The number of carbonyl (C=O) groups is 3. The van der Waals surface area contributed by atoms with Crippen LogP contribution >= 0.6 is 0 Å². The van der Waals surface area contributed by atoms with Gasteiger partial charge in [0.1, 0.15) is 11.4 Å². The van der Waals surface area contributed by atoms with E-state index < -0.39 is 52.3 Å². The van der Waals surface area contributed by atoms with Gasteiger partial charge < -0.3 is 41.1 Å². The van der Waals surface area contributed by atoms with Gasteiger partial charge in [-0.15, -0.1) is 0 Å². The van der Waals surface area contributed by atoms with Crippen molar-refractivity contribution < 1.29 is 49.8 Å². The van der Waals surface area contributed by atoms with E-state index in [0.717, 1.165) is 21.7 Å². The third kappa shape index (κ3) is 3.91. The number of hydrogen-bond donors (Lipinski definition) is 7. The van der Waals surface area contributed by atoms with Crippen LogP contribution in [0.25, 0.3) is 5.69 Å². The van der Waals surface area contributed by atoms with E-state index in [1.54, 1.807) is 0 Å². The van der Waals surface area contributed by atoms with Crippen molar-refractivity contribution in [2.75, 3.05) is 16.9 Å². The van der Waals surface area contributed by atoms with Crippen LogP contribution in [0.4, 0.5) is 11.4 Å². The number of rotatable bonds is 5. The number of methoxy groups -OCH3 is 1. The first-order chi connectivity index (χ1) is 18.7. The maximum Gasteiger partial charge on any atom is 0.315 e. The molecule has 0 bridgehead atoms. The number of amides is 3. The van der Waals surface area contributed by atoms with Gasteiger partial charge in [0.05, 0.1) is 18.4 Å². The largest absolute Gasteiger partial charge is 0.497 e. The molecule has 210 valence electrons. The molecule has 0 atom stereocenters. The summed E-state index contributed by atoms with van der Waals surface area (Å²) in [6.45, 7) is 0. The number of aromatic nitrogens is 2. The minimum absolute atomic E-state index is 0.0172. The Labute approximate surface area is 225 Å². The first-order valence-corrected chi connectivity index (χ1v) is 11.9. The molecule has 0 radical (unpaired) electrons. The highest BCUT2D eigenvalue weighted by Gasteiger charge is 2.64. The number of aliphatic hydroxyl groups is 6. The maximum atomic E-state index is 13.8. The highest BCUT2D eigenvalue weighted by Crippen LogP contribution is 2.44. The van der Waals surface area contributed by atoms with Crippen LogP contribution in [-0.4, -0.2) is 77.1 Å². The third-order valence-corrected chi connectivity index (χ3v) is 6.85. The molecule has 3 aromatic rings. The summed E-state index contributed by atoms with van der Waals surface area (Å²) in [7, 11) is 1.43. The Hall–Kier alpha value is -4.38. The fourth-order valence-electron chi connectivity index (χ4n) is 4.90. The Morgan fingerprint density at radius 1 is 0.900 bits per heavy atom. The topological polar surface area (TPSA) is 232 Å². The standard InChI is InChI=1S/C25H25N5O10/c1-40-16-10-8-15(9-11-16)30-20-18(19(27-30)21(26)32)24(36,37)25(38,39)29(22(20)33)14-6-4-13(5-7-14)28-17(31)3-2-12-23(28,34)35/h4-11,34-39H,2-3,12H2,1H3,(H2,26,32). The third-order valence-electron chi connectivity index (χ3n) is 6.85. The minimum atomic E-state index is -3.75.